The van der Waals surface area contributed by atoms with Gasteiger partial charge in [-0.25, -0.2) is 0 Å². The molecule has 1 amide bonds. The van der Waals surface area contributed by atoms with Crippen LogP contribution in [0.5, 0.6) is 0 Å². The summed E-state index contributed by atoms with van der Waals surface area (Å²) < 4.78 is 4.98. The van der Waals surface area contributed by atoms with Crippen LogP contribution in [0.25, 0.3) is 0 Å². The van der Waals surface area contributed by atoms with E-state index in [4.69, 9.17) is 4.42 Å². The molecule has 17 heavy (non-hydrogen) atoms. The number of amides is 1. The third-order valence-electron chi connectivity index (χ3n) is 2.40. The van der Waals surface area contributed by atoms with Crippen LogP contribution in [0.4, 0.5) is 5.69 Å². The molecule has 1 aromatic heterocycles. The number of rotatable bonds is 3. The second kappa shape index (κ2) is 4.84. The molecule has 4 heteroatoms. The van der Waals surface area contributed by atoms with E-state index in [0.717, 1.165) is 5.56 Å². The molecule has 0 bridgehead atoms. The average Bonchev–Trinajstić information content (AvgIpc) is 2.83. The van der Waals surface area contributed by atoms with Crippen molar-refractivity contribution >= 4 is 11.6 Å². The predicted molar refractivity (Wildman–Crippen MR) is 63.7 cm³/mol. The Bertz CT molecular complexity index is 486. The number of anilines is 1. The molecule has 0 aliphatic rings. The van der Waals surface area contributed by atoms with Crippen molar-refractivity contribution in [1.82, 2.24) is 0 Å². The Balaban J connectivity index is 2.07. The van der Waals surface area contributed by atoms with Crippen molar-refractivity contribution < 1.29 is 14.3 Å². The van der Waals surface area contributed by atoms with Crippen LogP contribution in [0.15, 0.2) is 47.1 Å². The van der Waals surface area contributed by atoms with Gasteiger partial charge in [0.25, 0.3) is 5.91 Å². The van der Waals surface area contributed by atoms with E-state index in [2.05, 4.69) is 5.32 Å². The van der Waals surface area contributed by atoms with Crippen LogP contribution in [0.3, 0.4) is 0 Å². The van der Waals surface area contributed by atoms with Gasteiger partial charge in [-0.1, -0.05) is 12.1 Å². The minimum absolute atomic E-state index is 0.268. The minimum atomic E-state index is -0.509. The van der Waals surface area contributed by atoms with Gasteiger partial charge in [-0.15, -0.1) is 0 Å². The van der Waals surface area contributed by atoms with E-state index >= 15 is 0 Å². The summed E-state index contributed by atoms with van der Waals surface area (Å²) in [6.45, 7) is 1.69. The number of carbonyl (C=O) groups is 1. The SMILES string of the molecule is C[C@@H](O)c1ccc(NC(=O)c2ccco2)cc1. The van der Waals surface area contributed by atoms with Crippen molar-refractivity contribution in [2.75, 3.05) is 5.32 Å². The molecule has 0 saturated carbocycles. The van der Waals surface area contributed by atoms with Crippen LogP contribution in [0.2, 0.25) is 0 Å². The van der Waals surface area contributed by atoms with Gasteiger partial charge in [0.2, 0.25) is 0 Å². The highest BCUT2D eigenvalue weighted by Gasteiger charge is 2.08. The Hall–Kier alpha value is -2.07. The zero-order chi connectivity index (χ0) is 12.3. The van der Waals surface area contributed by atoms with Gasteiger partial charge >= 0.3 is 0 Å². The fraction of sp³-hybridized carbons (Fsp3) is 0.154. The van der Waals surface area contributed by atoms with Crippen molar-refractivity contribution in [3.63, 3.8) is 0 Å². The van der Waals surface area contributed by atoms with Gasteiger partial charge in [0.15, 0.2) is 5.76 Å². The number of carbonyl (C=O) groups excluding carboxylic acids is 1. The van der Waals surface area contributed by atoms with Gasteiger partial charge in [-0.05, 0) is 36.8 Å². The molecule has 1 aromatic carbocycles. The Kier molecular flexibility index (Phi) is 3.25. The number of benzene rings is 1. The summed E-state index contributed by atoms with van der Waals surface area (Å²) in [5.41, 5.74) is 1.47. The lowest BCUT2D eigenvalue weighted by molar-refractivity contribution is 0.0996. The molecule has 2 aromatic rings. The van der Waals surface area contributed by atoms with E-state index in [9.17, 15) is 9.90 Å². The quantitative estimate of drug-likeness (QED) is 0.853. The standard InChI is InChI=1S/C13H13NO3/c1-9(15)10-4-6-11(7-5-10)14-13(16)12-3-2-8-17-12/h2-9,15H,1H3,(H,14,16)/t9-/m1/s1. The van der Waals surface area contributed by atoms with Gasteiger partial charge in [0.05, 0.1) is 12.4 Å². The minimum Gasteiger partial charge on any atom is -0.459 e. The third-order valence-corrected chi connectivity index (χ3v) is 2.40. The highest BCUT2D eigenvalue weighted by molar-refractivity contribution is 6.02. The molecule has 0 saturated heterocycles. The van der Waals surface area contributed by atoms with E-state index in [0.29, 0.717) is 5.69 Å². The van der Waals surface area contributed by atoms with Crippen molar-refractivity contribution in [2.45, 2.75) is 13.0 Å². The van der Waals surface area contributed by atoms with E-state index < -0.39 is 6.10 Å². The first-order chi connectivity index (χ1) is 8.16. The number of aliphatic hydroxyl groups excluding tert-OH is 1. The fourth-order valence-corrected chi connectivity index (χ4v) is 1.45. The number of nitrogens with one attached hydrogen (secondary N) is 1. The normalized spacial score (nSPS) is 12.1. The summed E-state index contributed by atoms with van der Waals surface area (Å²) in [6, 6.07) is 10.3. The van der Waals surface area contributed by atoms with E-state index in [1.54, 1.807) is 43.3 Å². The van der Waals surface area contributed by atoms with Crippen LogP contribution in [-0.2, 0) is 0 Å². The molecule has 0 unspecified atom stereocenters. The van der Waals surface area contributed by atoms with Crippen LogP contribution in [-0.4, -0.2) is 11.0 Å². The summed E-state index contributed by atoms with van der Waals surface area (Å²) in [6.07, 6.45) is 0.940. The molecular weight excluding hydrogens is 218 g/mol. The zero-order valence-corrected chi connectivity index (χ0v) is 9.38. The predicted octanol–water partition coefficient (Wildman–Crippen LogP) is 2.59. The molecule has 1 heterocycles. The topological polar surface area (TPSA) is 62.5 Å². The van der Waals surface area contributed by atoms with Crippen molar-refractivity contribution in [1.29, 1.82) is 0 Å². The molecule has 88 valence electrons. The van der Waals surface area contributed by atoms with Gasteiger partial charge in [-0.2, -0.15) is 0 Å². The van der Waals surface area contributed by atoms with E-state index in [1.807, 2.05) is 0 Å². The average molecular weight is 231 g/mol. The number of aliphatic hydroxyl groups is 1. The third kappa shape index (κ3) is 2.73. The van der Waals surface area contributed by atoms with Crippen LogP contribution in [0.1, 0.15) is 29.1 Å². The number of hydrogen-bond acceptors (Lipinski definition) is 3. The maximum absolute atomic E-state index is 11.6. The first-order valence-corrected chi connectivity index (χ1v) is 5.29. The fourth-order valence-electron chi connectivity index (χ4n) is 1.45. The molecule has 0 aliphatic heterocycles. The summed E-state index contributed by atoms with van der Waals surface area (Å²) in [4.78, 5) is 11.6. The first-order valence-electron chi connectivity index (χ1n) is 5.29. The molecule has 2 rings (SSSR count). The first kappa shape index (κ1) is 11.4. The summed E-state index contributed by atoms with van der Waals surface area (Å²) in [5.74, 6) is -0.0237. The summed E-state index contributed by atoms with van der Waals surface area (Å²) in [7, 11) is 0. The van der Waals surface area contributed by atoms with Crippen molar-refractivity contribution in [3.8, 4) is 0 Å². The highest BCUT2D eigenvalue weighted by Crippen LogP contribution is 2.16. The molecule has 0 spiro atoms. The molecule has 0 radical (unpaired) electrons. The molecule has 0 aliphatic carbocycles. The lowest BCUT2D eigenvalue weighted by atomic mass is 10.1. The van der Waals surface area contributed by atoms with E-state index in [1.165, 1.54) is 6.26 Å². The Labute approximate surface area is 98.9 Å². The lowest BCUT2D eigenvalue weighted by Gasteiger charge is -2.06. The lowest BCUT2D eigenvalue weighted by Crippen LogP contribution is -2.10. The molecule has 0 fully saturated rings. The largest absolute Gasteiger partial charge is 0.459 e. The Morgan fingerprint density at radius 1 is 1.29 bits per heavy atom. The van der Waals surface area contributed by atoms with Crippen LogP contribution < -0.4 is 5.32 Å². The number of furan rings is 1. The van der Waals surface area contributed by atoms with E-state index in [-0.39, 0.29) is 11.7 Å². The smallest absolute Gasteiger partial charge is 0.291 e. The van der Waals surface area contributed by atoms with Crippen molar-refractivity contribution in [2.24, 2.45) is 0 Å². The van der Waals surface area contributed by atoms with Gasteiger partial charge < -0.3 is 14.8 Å². The molecular formula is C13H13NO3. The Morgan fingerprint density at radius 2 is 2.00 bits per heavy atom. The number of hydrogen-bond donors (Lipinski definition) is 2. The van der Waals surface area contributed by atoms with Crippen LogP contribution >= 0.6 is 0 Å². The molecule has 2 N–H and O–H groups in total. The summed E-state index contributed by atoms with van der Waals surface area (Å²) >= 11 is 0. The molecule has 1 atom stereocenters. The van der Waals surface area contributed by atoms with Gasteiger partial charge in [0.1, 0.15) is 0 Å². The second-order valence-electron chi connectivity index (χ2n) is 3.73. The highest BCUT2D eigenvalue weighted by atomic mass is 16.3. The summed E-state index contributed by atoms with van der Waals surface area (Å²) in [5, 5.41) is 12.0. The van der Waals surface area contributed by atoms with Gasteiger partial charge in [0, 0.05) is 5.69 Å². The van der Waals surface area contributed by atoms with Crippen molar-refractivity contribution in [3.05, 3.63) is 54.0 Å². The Morgan fingerprint density at radius 3 is 2.53 bits per heavy atom. The maximum Gasteiger partial charge on any atom is 0.291 e. The molecule has 4 nitrogen and oxygen atoms in total. The van der Waals surface area contributed by atoms with Crippen LogP contribution in [0, 0.1) is 0 Å². The zero-order valence-electron chi connectivity index (χ0n) is 9.38. The van der Waals surface area contributed by atoms with Gasteiger partial charge in [-0.3, -0.25) is 4.79 Å². The monoisotopic (exact) mass is 231 g/mol. The maximum atomic E-state index is 11.6. The second-order valence-corrected chi connectivity index (χ2v) is 3.73.